The number of nitrogens with two attached hydrogens (primary N) is 2. The maximum atomic E-state index is 12.7. The van der Waals surface area contributed by atoms with Crippen LogP contribution in [0.2, 0.25) is 0 Å². The molecule has 7 N–H and O–H groups in total. The summed E-state index contributed by atoms with van der Waals surface area (Å²) in [5, 5.41) is 7.91. The molecule has 0 aliphatic heterocycles. The van der Waals surface area contributed by atoms with Gasteiger partial charge in [0.25, 0.3) is 0 Å². The fourth-order valence-corrected chi connectivity index (χ4v) is 3.39. The van der Waals surface area contributed by atoms with Crippen LogP contribution in [-0.4, -0.2) is 48.8 Å². The van der Waals surface area contributed by atoms with Crippen LogP contribution in [0.5, 0.6) is 0 Å². The second-order valence-corrected chi connectivity index (χ2v) is 9.51. The Hall–Kier alpha value is -2.94. The summed E-state index contributed by atoms with van der Waals surface area (Å²) >= 11 is 0. The number of carbonyl (C=O) groups excluding carboxylic acids is 4. The topological polar surface area (TPSA) is 156 Å². The van der Waals surface area contributed by atoms with E-state index >= 15 is 0 Å². The summed E-state index contributed by atoms with van der Waals surface area (Å²) in [6.45, 7) is 10.1. The molecule has 0 saturated carbocycles. The Labute approximate surface area is 216 Å². The average molecular weight is 506 g/mol. The van der Waals surface area contributed by atoms with Crippen LogP contribution in [0.4, 0.5) is 0 Å². The maximum Gasteiger partial charge on any atom is 0.243 e. The first-order valence-electron chi connectivity index (χ1n) is 13.0. The predicted octanol–water partition coefficient (Wildman–Crippen LogP) is 2.03. The van der Waals surface area contributed by atoms with Gasteiger partial charge in [0, 0.05) is 5.92 Å². The molecule has 0 bridgehead atoms. The quantitative estimate of drug-likeness (QED) is 0.231. The number of benzene rings is 1. The van der Waals surface area contributed by atoms with Gasteiger partial charge in [-0.15, -0.1) is 0 Å². The molecule has 36 heavy (non-hydrogen) atoms. The van der Waals surface area contributed by atoms with Gasteiger partial charge in [-0.3, -0.25) is 19.2 Å². The lowest BCUT2D eigenvalue weighted by Gasteiger charge is -2.21. The molecule has 9 heteroatoms. The number of carbonyl (C=O) groups is 4. The van der Waals surface area contributed by atoms with Gasteiger partial charge in [-0.05, 0) is 50.1 Å². The van der Waals surface area contributed by atoms with E-state index in [4.69, 9.17) is 11.5 Å². The van der Waals surface area contributed by atoms with Gasteiger partial charge >= 0.3 is 0 Å². The first kappa shape index (κ1) is 33.1. The van der Waals surface area contributed by atoms with E-state index in [-0.39, 0.29) is 24.3 Å². The molecule has 0 fully saturated rings. The summed E-state index contributed by atoms with van der Waals surface area (Å²) < 4.78 is 0. The second-order valence-electron chi connectivity index (χ2n) is 9.51. The minimum Gasteiger partial charge on any atom is -0.368 e. The molecule has 4 amide bonds. The fraction of sp³-hybridized carbons (Fsp3) is 0.630. The Bertz CT molecular complexity index is 786. The predicted molar refractivity (Wildman–Crippen MR) is 144 cm³/mol. The summed E-state index contributed by atoms with van der Waals surface area (Å²) in [5.74, 6) is -1.99. The third-order valence-corrected chi connectivity index (χ3v) is 5.22. The fourth-order valence-electron chi connectivity index (χ4n) is 3.39. The van der Waals surface area contributed by atoms with E-state index in [1.54, 1.807) is 0 Å². The average Bonchev–Trinajstić information content (AvgIpc) is 2.82. The summed E-state index contributed by atoms with van der Waals surface area (Å²) in [4.78, 5) is 49.2. The molecule has 1 aromatic carbocycles. The Balaban J connectivity index is 0.00000387. The molecule has 1 aromatic rings. The first-order chi connectivity index (χ1) is 17.0. The van der Waals surface area contributed by atoms with Crippen molar-refractivity contribution in [3.05, 3.63) is 35.9 Å². The van der Waals surface area contributed by atoms with Gasteiger partial charge in [-0.25, -0.2) is 0 Å². The van der Waals surface area contributed by atoms with E-state index in [1.165, 1.54) is 6.42 Å². The minimum absolute atomic E-state index is 0.164. The molecular weight excluding hydrogens is 458 g/mol. The van der Waals surface area contributed by atoms with E-state index in [9.17, 15) is 19.2 Å². The van der Waals surface area contributed by atoms with Gasteiger partial charge in [0.05, 0.1) is 6.54 Å². The van der Waals surface area contributed by atoms with Crippen LogP contribution in [0.1, 0.15) is 72.3 Å². The summed E-state index contributed by atoms with van der Waals surface area (Å²) in [7, 11) is 0. The van der Waals surface area contributed by atoms with Crippen LogP contribution in [0.15, 0.2) is 30.3 Å². The van der Waals surface area contributed by atoms with Crippen molar-refractivity contribution in [2.45, 2.75) is 85.2 Å². The van der Waals surface area contributed by atoms with Crippen molar-refractivity contribution < 1.29 is 19.2 Å². The largest absolute Gasteiger partial charge is 0.368 e. The summed E-state index contributed by atoms with van der Waals surface area (Å²) in [5.41, 5.74) is 11.9. The lowest BCUT2D eigenvalue weighted by molar-refractivity contribution is -0.132. The van der Waals surface area contributed by atoms with E-state index < -0.39 is 29.8 Å². The number of hydrogen-bond acceptors (Lipinski definition) is 5. The number of rotatable bonds is 15. The highest BCUT2D eigenvalue weighted by Crippen LogP contribution is 2.10. The number of nitrogens with one attached hydrogen (secondary N) is 3. The Morgan fingerprint density at radius 3 is 2.03 bits per heavy atom. The molecule has 1 unspecified atom stereocenters. The molecule has 0 saturated heterocycles. The number of hydrogen-bond donors (Lipinski definition) is 5. The monoisotopic (exact) mass is 505 g/mol. The van der Waals surface area contributed by atoms with E-state index in [1.807, 2.05) is 51.1 Å². The van der Waals surface area contributed by atoms with Gasteiger partial charge in [-0.1, -0.05) is 71.4 Å². The lowest BCUT2D eigenvalue weighted by atomic mass is 9.99. The van der Waals surface area contributed by atoms with Crippen molar-refractivity contribution >= 4 is 23.6 Å². The van der Waals surface area contributed by atoms with Gasteiger partial charge < -0.3 is 27.4 Å². The first-order valence-corrected chi connectivity index (χ1v) is 13.0. The standard InChI is InChI=1S/C24H39N5O4.C3H8/c1-16(2)13-20(22(26)31)28-21(30)15-27-24(33)19(11-7-8-12-25)29-23(32)17(3)14-18-9-5-4-6-10-18;1-3-2/h4-6,9-10,16-17,19-20H,7-8,11-15,25H2,1-3H3,(H2,26,31)(H,27,33)(H,28,30)(H,29,32);3H2,1-2H3/t17?,19-,20-;/m0./s1. The maximum absolute atomic E-state index is 12.7. The van der Waals surface area contributed by atoms with Crippen molar-refractivity contribution in [3.8, 4) is 0 Å². The molecular formula is C27H47N5O4. The molecule has 9 nitrogen and oxygen atoms in total. The van der Waals surface area contributed by atoms with E-state index in [0.29, 0.717) is 32.2 Å². The zero-order chi connectivity index (χ0) is 27.5. The van der Waals surface area contributed by atoms with Crippen molar-refractivity contribution in [3.63, 3.8) is 0 Å². The molecule has 204 valence electrons. The SMILES string of the molecule is CC(C)C[C@H](NC(=O)CNC(=O)[C@H](CCCCN)NC(=O)C(C)Cc1ccccc1)C(N)=O.CCC. The van der Waals surface area contributed by atoms with Crippen LogP contribution < -0.4 is 27.4 Å². The van der Waals surface area contributed by atoms with E-state index in [2.05, 4.69) is 29.8 Å². The van der Waals surface area contributed by atoms with Gasteiger partial charge in [0.1, 0.15) is 12.1 Å². The van der Waals surface area contributed by atoms with Gasteiger partial charge in [0.15, 0.2) is 0 Å². The molecule has 1 rings (SSSR count). The number of unbranched alkanes of at least 4 members (excludes halogenated alkanes) is 1. The zero-order valence-corrected chi connectivity index (χ0v) is 22.6. The Morgan fingerprint density at radius 1 is 0.889 bits per heavy atom. The van der Waals surface area contributed by atoms with E-state index in [0.717, 1.165) is 12.0 Å². The van der Waals surface area contributed by atoms with Crippen molar-refractivity contribution in [2.24, 2.45) is 23.3 Å². The molecule has 0 spiro atoms. The smallest absolute Gasteiger partial charge is 0.243 e. The van der Waals surface area contributed by atoms with Crippen molar-refractivity contribution in [1.82, 2.24) is 16.0 Å². The van der Waals surface area contributed by atoms with Crippen LogP contribution in [0, 0.1) is 11.8 Å². The lowest BCUT2D eigenvalue weighted by Crippen LogP contribution is -2.52. The summed E-state index contributed by atoms with van der Waals surface area (Å²) in [6, 6.07) is 8.07. The molecule has 0 heterocycles. The highest BCUT2D eigenvalue weighted by molar-refractivity contribution is 5.92. The Kier molecular flexibility index (Phi) is 17.7. The van der Waals surface area contributed by atoms with Crippen LogP contribution in [0.3, 0.4) is 0 Å². The van der Waals surface area contributed by atoms with Crippen LogP contribution in [0.25, 0.3) is 0 Å². The van der Waals surface area contributed by atoms with Crippen molar-refractivity contribution in [2.75, 3.05) is 13.1 Å². The van der Waals surface area contributed by atoms with Gasteiger partial charge in [0.2, 0.25) is 23.6 Å². The third-order valence-electron chi connectivity index (χ3n) is 5.22. The van der Waals surface area contributed by atoms with Gasteiger partial charge in [-0.2, -0.15) is 0 Å². The molecule has 0 aliphatic carbocycles. The molecule has 0 aliphatic rings. The number of primary amides is 1. The van der Waals surface area contributed by atoms with Crippen LogP contribution in [-0.2, 0) is 25.6 Å². The minimum atomic E-state index is -0.798. The highest BCUT2D eigenvalue weighted by Gasteiger charge is 2.25. The zero-order valence-electron chi connectivity index (χ0n) is 22.6. The second kappa shape index (κ2) is 19.3. The molecule has 0 aromatic heterocycles. The highest BCUT2D eigenvalue weighted by atomic mass is 16.2. The molecule has 0 radical (unpaired) electrons. The Morgan fingerprint density at radius 2 is 1.50 bits per heavy atom. The normalized spacial score (nSPS) is 13.0. The van der Waals surface area contributed by atoms with Crippen LogP contribution >= 0.6 is 0 Å². The molecule has 3 atom stereocenters. The number of amides is 4. The van der Waals surface area contributed by atoms with Crippen molar-refractivity contribution in [1.29, 1.82) is 0 Å². The third kappa shape index (κ3) is 15.1. The summed E-state index contributed by atoms with van der Waals surface area (Å²) in [6.07, 6.45) is 4.00.